The molecule has 1 aromatic carbocycles. The van der Waals surface area contributed by atoms with E-state index in [1.54, 1.807) is 31.4 Å². The molecule has 0 aliphatic carbocycles. The molecule has 7 nitrogen and oxygen atoms in total. The number of amides is 1. The van der Waals surface area contributed by atoms with Crippen molar-refractivity contribution >= 4 is 21.8 Å². The van der Waals surface area contributed by atoms with Gasteiger partial charge in [0.2, 0.25) is 5.91 Å². The normalized spacial score (nSPS) is 19.6. The van der Waals surface area contributed by atoms with E-state index in [1.165, 1.54) is 22.7 Å². The number of hydrogen-bond donors (Lipinski definition) is 1. The van der Waals surface area contributed by atoms with E-state index < -0.39 is 10.2 Å². The van der Waals surface area contributed by atoms with Crippen molar-refractivity contribution in [3.8, 4) is 5.75 Å². The van der Waals surface area contributed by atoms with Crippen LogP contribution in [0.4, 0.5) is 5.69 Å². The first-order valence-electron chi connectivity index (χ1n) is 7.47. The second-order valence-corrected chi connectivity index (χ2v) is 7.85. The lowest BCUT2D eigenvalue weighted by Crippen LogP contribution is -2.47. The third-order valence-corrected chi connectivity index (χ3v) is 5.79. The van der Waals surface area contributed by atoms with Crippen molar-refractivity contribution < 1.29 is 17.9 Å². The zero-order chi connectivity index (χ0) is 17.0. The van der Waals surface area contributed by atoms with Gasteiger partial charge in [0.25, 0.3) is 10.2 Å². The molecule has 0 aromatic heterocycles. The SMILES string of the molecule is COc1cccc(NC(=O)C2CCCN(S(=O)(=O)N(C)C)C2)c1. The number of rotatable bonds is 5. The van der Waals surface area contributed by atoms with Gasteiger partial charge in [0.15, 0.2) is 0 Å². The van der Waals surface area contributed by atoms with E-state index in [4.69, 9.17) is 4.74 Å². The highest BCUT2D eigenvalue weighted by Gasteiger charge is 2.33. The van der Waals surface area contributed by atoms with E-state index in [0.717, 1.165) is 0 Å². The Kier molecular flexibility index (Phi) is 5.61. The smallest absolute Gasteiger partial charge is 0.281 e. The molecule has 1 aliphatic rings. The predicted octanol–water partition coefficient (Wildman–Crippen LogP) is 1.15. The summed E-state index contributed by atoms with van der Waals surface area (Å²) < 4.78 is 32.1. The topological polar surface area (TPSA) is 79.0 Å². The number of benzene rings is 1. The molecule has 1 heterocycles. The van der Waals surface area contributed by atoms with Gasteiger partial charge < -0.3 is 10.1 Å². The van der Waals surface area contributed by atoms with Crippen molar-refractivity contribution in [3.05, 3.63) is 24.3 Å². The van der Waals surface area contributed by atoms with Gasteiger partial charge in [0.05, 0.1) is 13.0 Å². The molecule has 1 aromatic rings. The third kappa shape index (κ3) is 4.21. The lowest BCUT2D eigenvalue weighted by molar-refractivity contribution is -0.120. The quantitative estimate of drug-likeness (QED) is 0.871. The minimum atomic E-state index is -3.48. The molecule has 1 saturated heterocycles. The van der Waals surface area contributed by atoms with Gasteiger partial charge in [0, 0.05) is 38.9 Å². The molecule has 0 spiro atoms. The van der Waals surface area contributed by atoms with E-state index in [-0.39, 0.29) is 18.4 Å². The number of piperidine rings is 1. The first-order valence-corrected chi connectivity index (χ1v) is 8.87. The van der Waals surface area contributed by atoms with E-state index >= 15 is 0 Å². The second kappa shape index (κ2) is 7.29. The number of nitrogens with one attached hydrogen (secondary N) is 1. The van der Waals surface area contributed by atoms with Gasteiger partial charge in [-0.3, -0.25) is 4.79 Å². The van der Waals surface area contributed by atoms with Gasteiger partial charge in [-0.25, -0.2) is 0 Å². The summed E-state index contributed by atoms with van der Waals surface area (Å²) in [5.74, 6) is 0.129. The lowest BCUT2D eigenvalue weighted by Gasteiger charge is -2.32. The minimum absolute atomic E-state index is 0.170. The molecule has 1 fully saturated rings. The fourth-order valence-electron chi connectivity index (χ4n) is 2.54. The Labute approximate surface area is 137 Å². The van der Waals surface area contributed by atoms with Crippen LogP contribution in [0.5, 0.6) is 5.75 Å². The number of hydrogen-bond acceptors (Lipinski definition) is 4. The fraction of sp³-hybridized carbons (Fsp3) is 0.533. The molecule has 1 N–H and O–H groups in total. The maximum atomic E-state index is 12.4. The Balaban J connectivity index is 2.04. The predicted molar refractivity (Wildman–Crippen MR) is 88.5 cm³/mol. The van der Waals surface area contributed by atoms with Crippen molar-refractivity contribution in [2.75, 3.05) is 39.6 Å². The Morgan fingerprint density at radius 3 is 2.78 bits per heavy atom. The maximum Gasteiger partial charge on any atom is 0.281 e. The zero-order valence-electron chi connectivity index (χ0n) is 13.7. The highest BCUT2D eigenvalue weighted by Crippen LogP contribution is 2.23. The monoisotopic (exact) mass is 341 g/mol. The molecular weight excluding hydrogens is 318 g/mol. The minimum Gasteiger partial charge on any atom is -0.497 e. The molecule has 8 heteroatoms. The molecule has 0 saturated carbocycles. The Morgan fingerprint density at radius 2 is 2.13 bits per heavy atom. The Hall–Kier alpha value is -1.64. The molecular formula is C15H23N3O4S. The van der Waals surface area contributed by atoms with Crippen molar-refractivity contribution in [1.29, 1.82) is 0 Å². The van der Waals surface area contributed by atoms with Crippen LogP contribution in [0.15, 0.2) is 24.3 Å². The van der Waals surface area contributed by atoms with E-state index in [9.17, 15) is 13.2 Å². The van der Waals surface area contributed by atoms with Crippen LogP contribution in [0.1, 0.15) is 12.8 Å². The van der Waals surface area contributed by atoms with Crippen LogP contribution in [0.2, 0.25) is 0 Å². The Bertz CT molecular complexity index is 660. The first kappa shape index (κ1) is 17.7. The average Bonchev–Trinajstić information content (AvgIpc) is 2.55. The number of ether oxygens (including phenoxy) is 1. The summed E-state index contributed by atoms with van der Waals surface area (Å²) in [5.41, 5.74) is 0.641. The van der Waals surface area contributed by atoms with Crippen LogP contribution in [0.25, 0.3) is 0 Å². The van der Waals surface area contributed by atoms with Gasteiger partial charge in [-0.05, 0) is 25.0 Å². The summed E-state index contributed by atoms with van der Waals surface area (Å²) >= 11 is 0. The summed E-state index contributed by atoms with van der Waals surface area (Å²) in [6.45, 7) is 0.653. The number of nitrogens with zero attached hydrogens (tertiary/aromatic N) is 2. The average molecular weight is 341 g/mol. The van der Waals surface area contributed by atoms with Gasteiger partial charge >= 0.3 is 0 Å². The molecule has 0 radical (unpaired) electrons. The van der Waals surface area contributed by atoms with Gasteiger partial charge in [0.1, 0.15) is 5.75 Å². The molecule has 1 aliphatic heterocycles. The van der Waals surface area contributed by atoms with Gasteiger partial charge in [-0.1, -0.05) is 6.07 Å². The molecule has 1 atom stereocenters. The van der Waals surface area contributed by atoms with Crippen molar-refractivity contribution in [3.63, 3.8) is 0 Å². The van der Waals surface area contributed by atoms with E-state index in [2.05, 4.69) is 5.32 Å². The third-order valence-electron chi connectivity index (χ3n) is 3.88. The molecule has 1 unspecified atom stereocenters. The number of carbonyl (C=O) groups excluding carboxylic acids is 1. The van der Waals surface area contributed by atoms with Crippen LogP contribution in [-0.4, -0.2) is 57.2 Å². The zero-order valence-corrected chi connectivity index (χ0v) is 14.5. The second-order valence-electron chi connectivity index (χ2n) is 5.71. The molecule has 2 rings (SSSR count). The van der Waals surface area contributed by atoms with E-state index in [0.29, 0.717) is 30.8 Å². The fourth-order valence-corrected chi connectivity index (χ4v) is 3.73. The molecule has 23 heavy (non-hydrogen) atoms. The van der Waals surface area contributed by atoms with E-state index in [1.807, 2.05) is 0 Å². The van der Waals surface area contributed by atoms with Crippen LogP contribution in [0.3, 0.4) is 0 Å². The van der Waals surface area contributed by atoms with Crippen LogP contribution >= 0.6 is 0 Å². The standard InChI is InChI=1S/C15H23N3O4S/c1-17(2)23(20,21)18-9-5-6-12(11-18)15(19)16-13-7-4-8-14(10-13)22-3/h4,7-8,10,12H,5-6,9,11H2,1-3H3,(H,16,19). The van der Waals surface area contributed by atoms with Crippen molar-refractivity contribution in [2.45, 2.75) is 12.8 Å². The maximum absolute atomic E-state index is 12.4. The summed E-state index contributed by atoms with van der Waals surface area (Å²) in [6.07, 6.45) is 1.35. The molecule has 1 amide bonds. The Morgan fingerprint density at radius 1 is 1.39 bits per heavy atom. The number of methoxy groups -OCH3 is 1. The highest BCUT2D eigenvalue weighted by molar-refractivity contribution is 7.86. The molecule has 0 bridgehead atoms. The summed E-state index contributed by atoms with van der Waals surface area (Å²) in [7, 11) is 1.07. The van der Waals surface area contributed by atoms with Crippen molar-refractivity contribution in [1.82, 2.24) is 8.61 Å². The summed E-state index contributed by atoms with van der Waals surface area (Å²) in [6, 6.07) is 7.09. The highest BCUT2D eigenvalue weighted by atomic mass is 32.2. The molecule has 128 valence electrons. The van der Waals surface area contributed by atoms with Crippen molar-refractivity contribution in [2.24, 2.45) is 5.92 Å². The number of anilines is 1. The van der Waals surface area contributed by atoms with Crippen LogP contribution < -0.4 is 10.1 Å². The first-order chi connectivity index (χ1) is 10.8. The van der Waals surface area contributed by atoms with Crippen LogP contribution in [-0.2, 0) is 15.0 Å². The summed E-state index contributed by atoms with van der Waals surface area (Å²) in [5, 5.41) is 2.83. The van der Waals surface area contributed by atoms with Crippen LogP contribution in [0, 0.1) is 5.92 Å². The largest absolute Gasteiger partial charge is 0.497 e. The van der Waals surface area contributed by atoms with Gasteiger partial charge in [-0.15, -0.1) is 0 Å². The summed E-state index contributed by atoms with van der Waals surface area (Å²) in [4.78, 5) is 12.4. The number of carbonyl (C=O) groups is 1. The lowest BCUT2D eigenvalue weighted by atomic mass is 9.98. The van der Waals surface area contributed by atoms with Gasteiger partial charge in [-0.2, -0.15) is 17.0 Å².